The van der Waals surface area contributed by atoms with Gasteiger partial charge in [0.2, 0.25) is 0 Å². The number of thioether (sulfide) groups is 1. The smallest absolute Gasteiger partial charge is 0.0594 e. The van der Waals surface area contributed by atoms with Gasteiger partial charge in [-0.2, -0.15) is 0 Å². The Kier molecular flexibility index (Phi) is 4.03. The van der Waals surface area contributed by atoms with E-state index in [1.165, 1.54) is 10.5 Å². The highest BCUT2D eigenvalue weighted by Crippen LogP contribution is 2.34. The lowest BCUT2D eigenvalue weighted by molar-refractivity contribution is 0.296. The monoisotopic (exact) mass is 230 g/mol. The van der Waals surface area contributed by atoms with Crippen LogP contribution in [0, 0.1) is 0 Å². The van der Waals surface area contributed by atoms with E-state index in [1.807, 2.05) is 36.4 Å². The summed E-state index contributed by atoms with van der Waals surface area (Å²) in [5.41, 5.74) is 1.17. The molecule has 0 saturated heterocycles. The number of aliphatic hydroxyl groups is 1. The van der Waals surface area contributed by atoms with Crippen molar-refractivity contribution in [2.24, 2.45) is 0 Å². The summed E-state index contributed by atoms with van der Waals surface area (Å²) < 4.78 is 0. The molecule has 0 saturated carbocycles. The Hall–Kier alpha value is -1.25. The van der Waals surface area contributed by atoms with Crippen LogP contribution in [0.2, 0.25) is 0 Å². The van der Waals surface area contributed by atoms with Gasteiger partial charge in [0.25, 0.3) is 0 Å². The first-order valence-corrected chi connectivity index (χ1v) is 6.15. The molecule has 0 amide bonds. The minimum atomic E-state index is 0.114. The van der Waals surface area contributed by atoms with Crippen LogP contribution in [0.4, 0.5) is 0 Å². The molecule has 0 radical (unpaired) electrons. The number of hydrogen-bond donors (Lipinski definition) is 1. The van der Waals surface area contributed by atoms with Gasteiger partial charge in [0.15, 0.2) is 0 Å². The predicted molar refractivity (Wildman–Crippen MR) is 68.6 cm³/mol. The molecule has 1 nitrogen and oxygen atoms in total. The van der Waals surface area contributed by atoms with Crippen LogP contribution in [0.1, 0.15) is 10.8 Å². The zero-order valence-corrected chi connectivity index (χ0v) is 9.73. The fourth-order valence-corrected chi connectivity index (χ4v) is 2.55. The molecule has 2 aromatic carbocycles. The number of benzene rings is 2. The van der Waals surface area contributed by atoms with Gasteiger partial charge in [-0.3, -0.25) is 0 Å². The fourth-order valence-electron chi connectivity index (χ4n) is 1.54. The number of aliphatic hydroxyl groups excluding tert-OH is 1. The molecule has 1 atom stereocenters. The molecule has 0 aliphatic heterocycles. The van der Waals surface area contributed by atoms with Crippen LogP contribution in [-0.2, 0) is 0 Å². The SMILES string of the molecule is OC[C@@H](Sc1ccccc1)c1ccccc1. The van der Waals surface area contributed by atoms with E-state index < -0.39 is 0 Å². The zero-order valence-electron chi connectivity index (χ0n) is 8.91. The summed E-state index contributed by atoms with van der Waals surface area (Å²) in [6, 6.07) is 20.3. The molecule has 0 heterocycles. The van der Waals surface area contributed by atoms with E-state index in [1.54, 1.807) is 11.8 Å². The average Bonchev–Trinajstić information content (AvgIpc) is 2.38. The number of rotatable bonds is 4. The van der Waals surface area contributed by atoms with E-state index in [2.05, 4.69) is 24.3 Å². The van der Waals surface area contributed by atoms with Crippen molar-refractivity contribution in [3.8, 4) is 0 Å². The van der Waals surface area contributed by atoms with Gasteiger partial charge in [0.1, 0.15) is 0 Å². The van der Waals surface area contributed by atoms with Crippen molar-refractivity contribution in [2.45, 2.75) is 10.1 Å². The third kappa shape index (κ3) is 2.87. The van der Waals surface area contributed by atoms with E-state index in [0.29, 0.717) is 0 Å². The van der Waals surface area contributed by atoms with Crippen molar-refractivity contribution in [2.75, 3.05) is 6.61 Å². The van der Waals surface area contributed by atoms with E-state index >= 15 is 0 Å². The Morgan fingerprint density at radius 1 is 0.875 bits per heavy atom. The van der Waals surface area contributed by atoms with Crippen LogP contribution in [0.3, 0.4) is 0 Å². The lowest BCUT2D eigenvalue weighted by Gasteiger charge is -2.13. The summed E-state index contributed by atoms with van der Waals surface area (Å²) in [4.78, 5) is 1.19. The summed E-state index contributed by atoms with van der Waals surface area (Å²) in [5, 5.41) is 9.53. The molecule has 2 rings (SSSR count). The first kappa shape index (κ1) is 11.2. The molecule has 1 N–H and O–H groups in total. The van der Waals surface area contributed by atoms with E-state index in [-0.39, 0.29) is 11.9 Å². The van der Waals surface area contributed by atoms with Crippen molar-refractivity contribution >= 4 is 11.8 Å². The summed E-state index contributed by atoms with van der Waals surface area (Å²) >= 11 is 1.69. The van der Waals surface area contributed by atoms with Crippen LogP contribution in [0.15, 0.2) is 65.6 Å². The third-order valence-electron chi connectivity index (χ3n) is 2.36. The molecule has 0 aliphatic rings. The Labute approximate surface area is 100 Å². The highest BCUT2D eigenvalue weighted by molar-refractivity contribution is 7.99. The van der Waals surface area contributed by atoms with Crippen molar-refractivity contribution in [1.29, 1.82) is 0 Å². The minimum Gasteiger partial charge on any atom is -0.395 e. The predicted octanol–water partition coefficient (Wildman–Crippen LogP) is 3.51. The molecule has 0 spiro atoms. The van der Waals surface area contributed by atoms with Gasteiger partial charge >= 0.3 is 0 Å². The van der Waals surface area contributed by atoms with Gasteiger partial charge in [0.05, 0.1) is 11.9 Å². The zero-order chi connectivity index (χ0) is 11.2. The maximum absolute atomic E-state index is 9.42. The molecular formula is C14H14OS. The Balaban J connectivity index is 2.13. The van der Waals surface area contributed by atoms with Crippen LogP contribution in [0.5, 0.6) is 0 Å². The normalized spacial score (nSPS) is 12.3. The van der Waals surface area contributed by atoms with Crippen LogP contribution in [0.25, 0.3) is 0 Å². The first-order chi connectivity index (χ1) is 7.90. The molecule has 0 bridgehead atoms. The molecule has 0 aliphatic carbocycles. The Bertz CT molecular complexity index is 413. The van der Waals surface area contributed by atoms with E-state index in [0.717, 1.165) is 0 Å². The fraction of sp³-hybridized carbons (Fsp3) is 0.143. The van der Waals surface area contributed by atoms with Crippen molar-refractivity contribution in [1.82, 2.24) is 0 Å². The van der Waals surface area contributed by atoms with Gasteiger partial charge in [0, 0.05) is 4.90 Å². The topological polar surface area (TPSA) is 20.2 Å². The van der Waals surface area contributed by atoms with Crippen molar-refractivity contribution < 1.29 is 5.11 Å². The summed E-state index contributed by atoms with van der Waals surface area (Å²) in [6.45, 7) is 0.156. The van der Waals surface area contributed by atoms with E-state index in [4.69, 9.17) is 0 Å². The molecule has 16 heavy (non-hydrogen) atoms. The summed E-state index contributed by atoms with van der Waals surface area (Å²) in [5.74, 6) is 0. The molecule has 82 valence electrons. The average molecular weight is 230 g/mol. The Morgan fingerprint density at radius 3 is 2.00 bits per heavy atom. The van der Waals surface area contributed by atoms with Gasteiger partial charge < -0.3 is 5.11 Å². The summed E-state index contributed by atoms with van der Waals surface area (Å²) in [6.07, 6.45) is 0. The van der Waals surface area contributed by atoms with Crippen LogP contribution >= 0.6 is 11.8 Å². The maximum Gasteiger partial charge on any atom is 0.0594 e. The second-order valence-corrected chi connectivity index (χ2v) is 4.79. The Morgan fingerprint density at radius 2 is 1.44 bits per heavy atom. The number of hydrogen-bond acceptors (Lipinski definition) is 2. The minimum absolute atomic E-state index is 0.114. The van der Waals surface area contributed by atoms with Crippen LogP contribution < -0.4 is 0 Å². The molecule has 0 aromatic heterocycles. The standard InChI is InChI=1S/C14H14OS/c15-11-14(12-7-3-1-4-8-12)16-13-9-5-2-6-10-13/h1-10,14-15H,11H2/t14-/m1/s1. The van der Waals surface area contributed by atoms with Gasteiger partial charge in [-0.05, 0) is 17.7 Å². The highest BCUT2D eigenvalue weighted by Gasteiger charge is 2.10. The lowest BCUT2D eigenvalue weighted by Crippen LogP contribution is -1.99. The maximum atomic E-state index is 9.42. The molecule has 0 unspecified atom stereocenters. The largest absolute Gasteiger partial charge is 0.395 e. The third-order valence-corrected chi connectivity index (χ3v) is 3.61. The highest BCUT2D eigenvalue weighted by atomic mass is 32.2. The molecule has 2 heteroatoms. The first-order valence-electron chi connectivity index (χ1n) is 5.27. The molecular weight excluding hydrogens is 216 g/mol. The van der Waals surface area contributed by atoms with Gasteiger partial charge in [-0.15, -0.1) is 11.8 Å². The second-order valence-electron chi connectivity index (χ2n) is 3.51. The van der Waals surface area contributed by atoms with E-state index in [9.17, 15) is 5.11 Å². The quantitative estimate of drug-likeness (QED) is 0.811. The summed E-state index contributed by atoms with van der Waals surface area (Å²) in [7, 11) is 0. The molecule has 0 fully saturated rings. The van der Waals surface area contributed by atoms with Gasteiger partial charge in [-0.25, -0.2) is 0 Å². The van der Waals surface area contributed by atoms with Crippen LogP contribution in [-0.4, -0.2) is 11.7 Å². The van der Waals surface area contributed by atoms with Crippen molar-refractivity contribution in [3.63, 3.8) is 0 Å². The van der Waals surface area contributed by atoms with Crippen molar-refractivity contribution in [3.05, 3.63) is 66.2 Å². The molecule has 2 aromatic rings. The van der Waals surface area contributed by atoms with Gasteiger partial charge in [-0.1, -0.05) is 48.5 Å². The lowest BCUT2D eigenvalue weighted by atomic mass is 10.2. The second kappa shape index (κ2) is 5.73.